The summed E-state index contributed by atoms with van der Waals surface area (Å²) in [7, 11) is 0. The summed E-state index contributed by atoms with van der Waals surface area (Å²) in [6, 6.07) is -8.59. The van der Waals surface area contributed by atoms with Crippen LogP contribution in [0.1, 0.15) is 80.1 Å². The summed E-state index contributed by atoms with van der Waals surface area (Å²) < 4.78 is 0. The van der Waals surface area contributed by atoms with E-state index >= 15 is 0 Å². The van der Waals surface area contributed by atoms with E-state index in [1.54, 1.807) is 13.8 Å². The number of nitrogens with two attached hydrogens (primary N) is 3. The first-order valence-corrected chi connectivity index (χ1v) is 19.0. The number of nitrogens with zero attached hydrogens (tertiary/aromatic N) is 1. The maximum absolute atomic E-state index is 13.3. The highest BCUT2D eigenvalue weighted by atomic mass is 16.4. The lowest BCUT2D eigenvalue weighted by atomic mass is 10.0. The second kappa shape index (κ2) is 27.1. The quantitative estimate of drug-likeness (QED) is 0.0199. The smallest absolute Gasteiger partial charge is 0.326 e. The number of carbonyl (C=O) groups excluding carboxylic acids is 7. The molecule has 24 nitrogen and oxygen atoms in total. The van der Waals surface area contributed by atoms with Gasteiger partial charge in [0.2, 0.25) is 41.4 Å². The Hall–Kier alpha value is -5.62. The second-order valence-corrected chi connectivity index (χ2v) is 14.8. The first kappa shape index (κ1) is 53.4. The van der Waals surface area contributed by atoms with Gasteiger partial charge in [0.25, 0.3) is 0 Å². The maximum Gasteiger partial charge on any atom is 0.326 e. The first-order valence-electron chi connectivity index (χ1n) is 19.0. The molecule has 0 aliphatic rings. The summed E-state index contributed by atoms with van der Waals surface area (Å²) in [6.07, 6.45) is -3.69. The van der Waals surface area contributed by atoms with Gasteiger partial charge in [-0.1, -0.05) is 27.7 Å². The van der Waals surface area contributed by atoms with Crippen LogP contribution in [0.4, 0.5) is 0 Å². The zero-order valence-electron chi connectivity index (χ0n) is 34.3. The molecule has 0 bridgehead atoms. The summed E-state index contributed by atoms with van der Waals surface area (Å²) in [4.78, 5) is 117. The average molecular weight is 846 g/mol. The molecule has 59 heavy (non-hydrogen) atoms. The van der Waals surface area contributed by atoms with E-state index in [1.807, 2.05) is 13.8 Å². The van der Waals surface area contributed by atoms with Crippen molar-refractivity contribution in [2.24, 2.45) is 34.0 Å². The lowest BCUT2D eigenvalue weighted by molar-refractivity contribution is -0.143. The third-order valence-electron chi connectivity index (χ3n) is 8.25. The van der Waals surface area contributed by atoms with E-state index in [1.165, 1.54) is 0 Å². The van der Waals surface area contributed by atoms with Crippen molar-refractivity contribution in [2.45, 2.75) is 129 Å². The highest BCUT2D eigenvalue weighted by molar-refractivity contribution is 5.96. The van der Waals surface area contributed by atoms with Crippen molar-refractivity contribution in [3.8, 4) is 0 Å². The highest BCUT2D eigenvalue weighted by Gasteiger charge is 2.34. The molecule has 0 rings (SSSR count). The lowest BCUT2D eigenvalue weighted by Crippen LogP contribution is -2.61. The van der Waals surface area contributed by atoms with Gasteiger partial charge >= 0.3 is 11.9 Å². The molecule has 17 N–H and O–H groups in total. The van der Waals surface area contributed by atoms with Crippen molar-refractivity contribution in [1.82, 2.24) is 37.2 Å². The third kappa shape index (κ3) is 22.8. The van der Waals surface area contributed by atoms with Gasteiger partial charge < -0.3 is 74.8 Å². The van der Waals surface area contributed by atoms with Crippen LogP contribution >= 0.6 is 0 Å². The molecule has 0 aromatic carbocycles. The number of carboxylic acids is 2. The molecule has 0 spiro atoms. The topological polar surface area (TPSA) is 409 Å². The van der Waals surface area contributed by atoms with Crippen LogP contribution in [-0.4, -0.2) is 148 Å². The second-order valence-electron chi connectivity index (χ2n) is 14.8. The van der Waals surface area contributed by atoms with Crippen molar-refractivity contribution < 1.29 is 63.6 Å². The van der Waals surface area contributed by atoms with Gasteiger partial charge in [0, 0.05) is 13.0 Å². The zero-order valence-corrected chi connectivity index (χ0v) is 34.3. The molecular formula is C35H63N11O13. The fourth-order valence-electron chi connectivity index (χ4n) is 5.26. The summed E-state index contributed by atoms with van der Waals surface area (Å²) in [5, 5.41) is 55.3. The fraction of sp³-hybridized carbons (Fsp3) is 0.714. The lowest BCUT2D eigenvalue weighted by Gasteiger charge is -2.27. The Kier molecular flexibility index (Phi) is 24.6. The van der Waals surface area contributed by atoms with E-state index in [9.17, 15) is 63.6 Å². The number of carbonyl (C=O) groups is 9. The van der Waals surface area contributed by atoms with Crippen LogP contribution in [0, 0.1) is 11.8 Å². The van der Waals surface area contributed by atoms with E-state index in [2.05, 4.69) is 42.2 Å². The van der Waals surface area contributed by atoms with Crippen LogP contribution in [0.2, 0.25) is 0 Å². The molecule has 0 aliphatic carbocycles. The molecule has 0 radical (unpaired) electrons. The van der Waals surface area contributed by atoms with Gasteiger partial charge in [0.05, 0.1) is 31.3 Å². The van der Waals surface area contributed by atoms with Crippen molar-refractivity contribution in [3.63, 3.8) is 0 Å². The largest absolute Gasteiger partial charge is 0.481 e. The van der Waals surface area contributed by atoms with Crippen molar-refractivity contribution in [3.05, 3.63) is 0 Å². The number of guanidine groups is 1. The summed E-state index contributed by atoms with van der Waals surface area (Å²) in [5.74, 6) is -9.54. The third-order valence-corrected chi connectivity index (χ3v) is 8.25. The number of aliphatic carboxylic acids is 2. The SMILES string of the molecule is CC(C)C[C@H](NC(=O)[C@H](CCC(=O)O)NC(=O)CNC(=O)[C@@H](N)CC(C)C)C(=O)NCC(=O)N[C@H](C(=O)N[C@H](C(=O)N[C@@H](CCCN=C(N)N)C(=O)O)[C@@H](C)O)[C@@H](C)O. The Balaban J connectivity index is 5.70. The molecule has 0 aromatic heterocycles. The molecule has 336 valence electrons. The van der Waals surface area contributed by atoms with E-state index < -0.39 is 121 Å². The van der Waals surface area contributed by atoms with Gasteiger partial charge in [-0.05, 0) is 57.8 Å². The average Bonchev–Trinajstić information content (AvgIpc) is 3.11. The number of carboxylic acid groups (broad SMARTS) is 2. The number of aliphatic imine (C=N–C) groups is 1. The Labute approximate surface area is 342 Å². The van der Waals surface area contributed by atoms with Crippen LogP contribution in [0.5, 0.6) is 0 Å². The van der Waals surface area contributed by atoms with Gasteiger partial charge in [-0.2, -0.15) is 0 Å². The molecule has 0 saturated heterocycles. The molecule has 0 saturated carbocycles. The predicted molar refractivity (Wildman–Crippen MR) is 210 cm³/mol. The summed E-state index contributed by atoms with van der Waals surface area (Å²) >= 11 is 0. The van der Waals surface area contributed by atoms with Crippen LogP contribution in [0.15, 0.2) is 4.99 Å². The van der Waals surface area contributed by atoms with Gasteiger partial charge in [0.1, 0.15) is 30.2 Å². The van der Waals surface area contributed by atoms with Gasteiger partial charge in [-0.3, -0.25) is 43.3 Å². The molecule has 7 amide bonds. The number of nitrogens with one attached hydrogen (secondary N) is 7. The van der Waals surface area contributed by atoms with Crippen molar-refractivity contribution in [1.29, 1.82) is 0 Å². The van der Waals surface area contributed by atoms with Crippen molar-refractivity contribution in [2.75, 3.05) is 19.6 Å². The fourth-order valence-corrected chi connectivity index (χ4v) is 5.26. The number of hydrogen-bond donors (Lipinski definition) is 14. The van der Waals surface area contributed by atoms with Crippen LogP contribution in [-0.2, 0) is 43.2 Å². The number of hydrogen-bond acceptors (Lipinski definition) is 13. The Morgan fingerprint density at radius 2 is 1.07 bits per heavy atom. The maximum atomic E-state index is 13.3. The van der Waals surface area contributed by atoms with E-state index in [0.717, 1.165) is 13.8 Å². The Morgan fingerprint density at radius 3 is 1.56 bits per heavy atom. The molecule has 0 aliphatic heterocycles. The Morgan fingerprint density at radius 1 is 0.576 bits per heavy atom. The molecule has 24 heteroatoms. The molecule has 0 unspecified atom stereocenters. The van der Waals surface area contributed by atoms with Crippen LogP contribution in [0.25, 0.3) is 0 Å². The number of aliphatic hydroxyl groups excluding tert-OH is 2. The predicted octanol–water partition coefficient (Wildman–Crippen LogP) is -5.17. The number of aliphatic hydroxyl groups is 2. The minimum Gasteiger partial charge on any atom is -0.481 e. The van der Waals surface area contributed by atoms with Gasteiger partial charge in [0.15, 0.2) is 5.96 Å². The summed E-state index contributed by atoms with van der Waals surface area (Å²) in [5.41, 5.74) is 16.3. The standard InChI is InChI=1S/C35H63N11O13/c1-16(2)12-20(36)29(53)40-14-24(49)42-21(9-10-26(51)52)31(55)44-23(13-17(3)4)30(54)41-15-25(50)45-27(18(5)47)33(57)46-28(19(6)48)32(56)43-22(34(58)59)8-7-11-39-35(37)38/h16-23,27-28,47-48H,7-15,36H2,1-6H3,(H,40,53)(H,41,54)(H,42,49)(H,43,56)(H,44,55)(H,45,50)(H,46,57)(H,51,52)(H,58,59)(H4,37,38,39)/t18-,19-,20+,21+,22+,23+,27+,28+/m1/s1. The monoisotopic (exact) mass is 845 g/mol. The Bertz CT molecular complexity index is 1490. The first-order chi connectivity index (χ1) is 27.3. The van der Waals surface area contributed by atoms with Crippen molar-refractivity contribution >= 4 is 59.2 Å². The highest BCUT2D eigenvalue weighted by Crippen LogP contribution is 2.08. The van der Waals surface area contributed by atoms with E-state index in [-0.39, 0.29) is 50.0 Å². The van der Waals surface area contributed by atoms with Gasteiger partial charge in [-0.25, -0.2) is 4.79 Å². The van der Waals surface area contributed by atoms with E-state index in [0.29, 0.717) is 6.42 Å². The van der Waals surface area contributed by atoms with Crippen LogP contribution < -0.4 is 54.4 Å². The molecule has 0 aromatic rings. The minimum absolute atomic E-state index is 0.0170. The number of rotatable bonds is 28. The van der Waals surface area contributed by atoms with Crippen LogP contribution in [0.3, 0.4) is 0 Å². The number of amides is 7. The molecular weight excluding hydrogens is 782 g/mol. The molecule has 8 atom stereocenters. The van der Waals surface area contributed by atoms with E-state index in [4.69, 9.17) is 17.2 Å². The zero-order chi connectivity index (χ0) is 45.6. The molecule has 0 heterocycles. The minimum atomic E-state index is -1.75. The normalized spacial score (nSPS) is 15.1. The molecule has 0 fully saturated rings. The van der Waals surface area contributed by atoms with Gasteiger partial charge in [-0.15, -0.1) is 0 Å². The summed E-state index contributed by atoms with van der Waals surface area (Å²) in [6.45, 7) is 8.11.